The lowest BCUT2D eigenvalue weighted by atomic mass is 10.1. The lowest BCUT2D eigenvalue weighted by molar-refractivity contribution is 0.0522. The zero-order chi connectivity index (χ0) is 16.8. The lowest BCUT2D eigenvalue weighted by Crippen LogP contribution is -2.42. The molecule has 0 radical (unpaired) electrons. The molecule has 22 heavy (non-hydrogen) atoms. The second kappa shape index (κ2) is 8.13. The molecule has 0 aliphatic heterocycles. The fourth-order valence-electron chi connectivity index (χ4n) is 1.99. The Labute approximate surface area is 132 Å². The summed E-state index contributed by atoms with van der Waals surface area (Å²) in [5.74, 6) is -0.222. The molecular formula is C17H27FN2O2. The predicted molar refractivity (Wildman–Crippen MR) is 86.3 cm³/mol. The van der Waals surface area contributed by atoms with Gasteiger partial charge < -0.3 is 15.4 Å². The molecule has 0 fully saturated rings. The van der Waals surface area contributed by atoms with Gasteiger partial charge in [-0.05, 0) is 57.4 Å². The highest BCUT2D eigenvalue weighted by Gasteiger charge is 2.17. The van der Waals surface area contributed by atoms with Crippen molar-refractivity contribution < 1.29 is 13.9 Å². The number of carbonyl (C=O) groups is 1. The van der Waals surface area contributed by atoms with Crippen molar-refractivity contribution in [3.05, 3.63) is 35.1 Å². The molecule has 1 aromatic rings. The number of hydrogen-bond donors (Lipinski definition) is 2. The Bertz CT molecular complexity index is 498. The first-order valence-electron chi connectivity index (χ1n) is 7.66. The topological polar surface area (TPSA) is 50.4 Å². The molecule has 0 aliphatic rings. The van der Waals surface area contributed by atoms with Crippen LogP contribution in [0.3, 0.4) is 0 Å². The summed E-state index contributed by atoms with van der Waals surface area (Å²) in [4.78, 5) is 11.6. The standard InChI is InChI=1S/C17H27FN2O2/c1-6-15(11-20-16(21)22-17(3,4)5)19-10-13-7-8-14(18)9-12(13)2/h7-9,15,19H,6,10-11H2,1-5H3,(H,20,21). The van der Waals surface area contributed by atoms with Crippen LogP contribution in [0.1, 0.15) is 45.2 Å². The van der Waals surface area contributed by atoms with E-state index in [1.54, 1.807) is 6.07 Å². The summed E-state index contributed by atoms with van der Waals surface area (Å²) in [6.45, 7) is 10.6. The van der Waals surface area contributed by atoms with Gasteiger partial charge in [-0.1, -0.05) is 13.0 Å². The van der Waals surface area contributed by atoms with Crippen molar-refractivity contribution in [3.8, 4) is 0 Å². The minimum atomic E-state index is -0.496. The van der Waals surface area contributed by atoms with Gasteiger partial charge in [0, 0.05) is 19.1 Å². The quantitative estimate of drug-likeness (QED) is 0.845. The molecule has 1 aromatic carbocycles. The maximum atomic E-state index is 13.1. The molecule has 0 saturated carbocycles. The monoisotopic (exact) mass is 310 g/mol. The van der Waals surface area contributed by atoms with Gasteiger partial charge >= 0.3 is 6.09 Å². The Morgan fingerprint density at radius 3 is 2.59 bits per heavy atom. The van der Waals surface area contributed by atoms with Crippen molar-refractivity contribution in [1.82, 2.24) is 10.6 Å². The van der Waals surface area contributed by atoms with E-state index in [4.69, 9.17) is 4.74 Å². The molecular weight excluding hydrogens is 283 g/mol. The fourth-order valence-corrected chi connectivity index (χ4v) is 1.99. The first-order valence-corrected chi connectivity index (χ1v) is 7.66. The van der Waals surface area contributed by atoms with Gasteiger partial charge in [0.15, 0.2) is 0 Å². The van der Waals surface area contributed by atoms with E-state index in [1.807, 2.05) is 34.6 Å². The molecule has 1 atom stereocenters. The molecule has 2 N–H and O–H groups in total. The summed E-state index contributed by atoms with van der Waals surface area (Å²) in [6, 6.07) is 4.91. The number of rotatable bonds is 6. The van der Waals surface area contributed by atoms with E-state index in [1.165, 1.54) is 12.1 Å². The third-order valence-corrected chi connectivity index (χ3v) is 3.27. The number of amides is 1. The van der Waals surface area contributed by atoms with Crippen LogP contribution in [-0.2, 0) is 11.3 Å². The largest absolute Gasteiger partial charge is 0.444 e. The number of benzene rings is 1. The van der Waals surface area contributed by atoms with Crippen molar-refractivity contribution in [2.75, 3.05) is 6.54 Å². The Balaban J connectivity index is 2.43. The number of carbonyl (C=O) groups excluding carboxylic acids is 1. The zero-order valence-electron chi connectivity index (χ0n) is 14.1. The van der Waals surface area contributed by atoms with E-state index in [2.05, 4.69) is 10.6 Å². The highest BCUT2D eigenvalue weighted by molar-refractivity contribution is 5.67. The van der Waals surface area contributed by atoms with Crippen LogP contribution in [0.15, 0.2) is 18.2 Å². The van der Waals surface area contributed by atoms with Crippen LogP contribution in [0.25, 0.3) is 0 Å². The lowest BCUT2D eigenvalue weighted by Gasteiger charge is -2.22. The molecule has 0 saturated heterocycles. The third kappa shape index (κ3) is 6.89. The predicted octanol–water partition coefficient (Wildman–Crippen LogP) is 3.53. The summed E-state index contributed by atoms with van der Waals surface area (Å²) < 4.78 is 18.3. The maximum Gasteiger partial charge on any atom is 0.407 e. The number of alkyl carbamates (subject to hydrolysis) is 1. The molecule has 5 heteroatoms. The summed E-state index contributed by atoms with van der Waals surface area (Å²) in [5.41, 5.74) is 1.48. The van der Waals surface area contributed by atoms with Gasteiger partial charge in [-0.2, -0.15) is 0 Å². The fraction of sp³-hybridized carbons (Fsp3) is 0.588. The van der Waals surface area contributed by atoms with Crippen molar-refractivity contribution in [2.24, 2.45) is 0 Å². The van der Waals surface area contributed by atoms with Crippen LogP contribution < -0.4 is 10.6 Å². The van der Waals surface area contributed by atoms with Gasteiger partial charge in [-0.15, -0.1) is 0 Å². The van der Waals surface area contributed by atoms with Crippen molar-refractivity contribution in [2.45, 2.75) is 59.2 Å². The van der Waals surface area contributed by atoms with E-state index in [-0.39, 0.29) is 11.9 Å². The highest BCUT2D eigenvalue weighted by atomic mass is 19.1. The smallest absolute Gasteiger partial charge is 0.407 e. The average molecular weight is 310 g/mol. The molecule has 4 nitrogen and oxygen atoms in total. The van der Waals surface area contributed by atoms with Gasteiger partial charge in [0.05, 0.1) is 0 Å². The van der Waals surface area contributed by atoms with E-state index < -0.39 is 11.7 Å². The van der Waals surface area contributed by atoms with Crippen molar-refractivity contribution in [1.29, 1.82) is 0 Å². The van der Waals surface area contributed by atoms with Crippen LogP contribution in [0.5, 0.6) is 0 Å². The molecule has 1 unspecified atom stereocenters. The highest BCUT2D eigenvalue weighted by Crippen LogP contribution is 2.10. The number of hydrogen-bond acceptors (Lipinski definition) is 3. The van der Waals surface area contributed by atoms with E-state index >= 15 is 0 Å². The first kappa shape index (κ1) is 18.4. The number of halogens is 1. The van der Waals surface area contributed by atoms with Gasteiger partial charge in [0.1, 0.15) is 11.4 Å². The second-order valence-corrected chi connectivity index (χ2v) is 6.44. The Morgan fingerprint density at radius 2 is 2.05 bits per heavy atom. The summed E-state index contributed by atoms with van der Waals surface area (Å²) in [5, 5.41) is 6.14. The molecule has 0 bridgehead atoms. The number of nitrogens with one attached hydrogen (secondary N) is 2. The Morgan fingerprint density at radius 1 is 1.36 bits per heavy atom. The summed E-state index contributed by atoms with van der Waals surface area (Å²) >= 11 is 0. The average Bonchev–Trinajstić information content (AvgIpc) is 2.38. The normalized spacial score (nSPS) is 12.8. The second-order valence-electron chi connectivity index (χ2n) is 6.44. The Kier molecular flexibility index (Phi) is 6.81. The third-order valence-electron chi connectivity index (χ3n) is 3.27. The Hall–Kier alpha value is -1.62. The van der Waals surface area contributed by atoms with Crippen LogP contribution >= 0.6 is 0 Å². The minimum Gasteiger partial charge on any atom is -0.444 e. The number of ether oxygens (including phenoxy) is 1. The first-order chi connectivity index (χ1) is 10.2. The van der Waals surface area contributed by atoms with Gasteiger partial charge in [0.2, 0.25) is 0 Å². The minimum absolute atomic E-state index is 0.136. The van der Waals surface area contributed by atoms with Gasteiger partial charge in [0.25, 0.3) is 0 Å². The number of aryl methyl sites for hydroxylation is 1. The molecule has 0 heterocycles. The van der Waals surface area contributed by atoms with Gasteiger partial charge in [-0.3, -0.25) is 0 Å². The summed E-state index contributed by atoms with van der Waals surface area (Å²) in [6.07, 6.45) is 0.460. The zero-order valence-corrected chi connectivity index (χ0v) is 14.1. The van der Waals surface area contributed by atoms with Crippen molar-refractivity contribution in [3.63, 3.8) is 0 Å². The van der Waals surface area contributed by atoms with Gasteiger partial charge in [-0.25, -0.2) is 9.18 Å². The van der Waals surface area contributed by atoms with Crippen LogP contribution in [0, 0.1) is 12.7 Å². The van der Waals surface area contributed by atoms with E-state index in [0.717, 1.165) is 17.5 Å². The SMILES string of the molecule is CCC(CNC(=O)OC(C)(C)C)NCc1ccc(F)cc1C. The van der Waals surface area contributed by atoms with Crippen LogP contribution in [-0.4, -0.2) is 24.3 Å². The van der Waals surface area contributed by atoms with E-state index in [9.17, 15) is 9.18 Å². The molecule has 124 valence electrons. The molecule has 0 aliphatic carbocycles. The maximum absolute atomic E-state index is 13.1. The molecule has 1 rings (SSSR count). The van der Waals surface area contributed by atoms with E-state index in [0.29, 0.717) is 13.1 Å². The van der Waals surface area contributed by atoms with Crippen LogP contribution in [0.4, 0.5) is 9.18 Å². The van der Waals surface area contributed by atoms with Crippen molar-refractivity contribution >= 4 is 6.09 Å². The molecule has 1 amide bonds. The summed E-state index contributed by atoms with van der Waals surface area (Å²) in [7, 11) is 0. The van der Waals surface area contributed by atoms with Crippen LogP contribution in [0.2, 0.25) is 0 Å². The molecule has 0 spiro atoms. The molecule has 0 aromatic heterocycles.